The average Bonchev–Trinajstić information content (AvgIpc) is 2.64. The Morgan fingerprint density at radius 2 is 1.74 bits per heavy atom. The zero-order chi connectivity index (χ0) is 20.0. The van der Waals surface area contributed by atoms with E-state index in [0.29, 0.717) is 15.7 Å². The van der Waals surface area contributed by atoms with Crippen molar-refractivity contribution < 1.29 is 14.8 Å². The van der Waals surface area contributed by atoms with Gasteiger partial charge in [-0.2, -0.15) is 0 Å². The summed E-state index contributed by atoms with van der Waals surface area (Å²) < 4.78 is 0. The molecule has 3 amide bonds. The van der Waals surface area contributed by atoms with Crippen LogP contribution >= 0.6 is 23.2 Å². The maximum absolute atomic E-state index is 13.0. The van der Waals surface area contributed by atoms with Crippen LogP contribution in [0.4, 0.5) is 10.5 Å². The minimum absolute atomic E-state index is 0.185. The lowest BCUT2D eigenvalue weighted by molar-refractivity contribution is -0.135. The molecule has 0 unspecified atom stereocenters. The van der Waals surface area contributed by atoms with Crippen molar-refractivity contribution in [2.45, 2.75) is 26.4 Å². The molecule has 2 aromatic carbocycles. The number of urea groups is 1. The highest BCUT2D eigenvalue weighted by molar-refractivity contribution is 6.42. The molecule has 6 nitrogen and oxygen atoms in total. The second kappa shape index (κ2) is 9.60. The summed E-state index contributed by atoms with van der Waals surface area (Å²) in [5, 5.41) is 12.5. The lowest BCUT2D eigenvalue weighted by atomic mass is 10.0. The van der Waals surface area contributed by atoms with Crippen LogP contribution in [0.2, 0.25) is 10.0 Å². The van der Waals surface area contributed by atoms with Gasteiger partial charge >= 0.3 is 6.03 Å². The summed E-state index contributed by atoms with van der Waals surface area (Å²) in [4.78, 5) is 26.5. The summed E-state index contributed by atoms with van der Waals surface area (Å²) in [6.45, 7) is 3.78. The molecule has 0 bridgehead atoms. The first-order chi connectivity index (χ1) is 12.8. The Bertz CT molecular complexity index is 800. The van der Waals surface area contributed by atoms with Gasteiger partial charge in [0, 0.05) is 12.2 Å². The van der Waals surface area contributed by atoms with Crippen LogP contribution in [0.1, 0.15) is 19.4 Å². The average molecular weight is 410 g/mol. The third kappa shape index (κ3) is 5.60. The van der Waals surface area contributed by atoms with Gasteiger partial charge in [-0.25, -0.2) is 10.3 Å². The molecule has 2 rings (SSSR count). The largest absolute Gasteiger partial charge is 0.322 e. The Morgan fingerprint density at radius 3 is 2.30 bits per heavy atom. The van der Waals surface area contributed by atoms with Gasteiger partial charge < -0.3 is 10.2 Å². The van der Waals surface area contributed by atoms with Crippen LogP contribution in [0.25, 0.3) is 0 Å². The van der Waals surface area contributed by atoms with Gasteiger partial charge in [-0.1, -0.05) is 67.4 Å². The Labute approximate surface area is 168 Å². The number of rotatable bonds is 6. The second-order valence-electron chi connectivity index (χ2n) is 6.34. The monoisotopic (exact) mass is 409 g/mol. The summed E-state index contributed by atoms with van der Waals surface area (Å²) in [6, 6.07) is 12.6. The highest BCUT2D eigenvalue weighted by Gasteiger charge is 2.32. The lowest BCUT2D eigenvalue weighted by Gasteiger charge is -2.33. The number of hydrogen-bond acceptors (Lipinski definition) is 3. The van der Waals surface area contributed by atoms with Crippen LogP contribution in [-0.4, -0.2) is 28.1 Å². The van der Waals surface area contributed by atoms with Crippen LogP contribution in [0.5, 0.6) is 0 Å². The SMILES string of the molecule is CC(C)[C@@H](C(=O)NO)N(Cc1ccccc1)C(=O)Nc1ccc(Cl)c(Cl)c1. The first kappa shape index (κ1) is 21.0. The Morgan fingerprint density at radius 1 is 1.07 bits per heavy atom. The van der Waals surface area contributed by atoms with Gasteiger partial charge in [-0.05, 0) is 29.7 Å². The van der Waals surface area contributed by atoms with E-state index in [9.17, 15) is 9.59 Å². The zero-order valence-electron chi connectivity index (χ0n) is 14.9. The van der Waals surface area contributed by atoms with E-state index in [4.69, 9.17) is 28.4 Å². The molecule has 0 radical (unpaired) electrons. The number of nitrogens with zero attached hydrogens (tertiary/aromatic N) is 1. The van der Waals surface area contributed by atoms with Gasteiger partial charge in [-0.15, -0.1) is 0 Å². The normalized spacial score (nSPS) is 11.8. The molecular weight excluding hydrogens is 389 g/mol. The van der Waals surface area contributed by atoms with Crippen LogP contribution in [0, 0.1) is 5.92 Å². The van der Waals surface area contributed by atoms with Gasteiger partial charge in [0.15, 0.2) is 0 Å². The minimum Gasteiger partial charge on any atom is -0.308 e. The summed E-state index contributed by atoms with van der Waals surface area (Å²) >= 11 is 11.9. The van der Waals surface area contributed by atoms with Crippen LogP contribution in [0.15, 0.2) is 48.5 Å². The Balaban J connectivity index is 2.32. The number of carbonyl (C=O) groups is 2. The molecule has 2 aromatic rings. The van der Waals surface area contributed by atoms with E-state index in [0.717, 1.165) is 5.56 Å². The molecule has 0 saturated heterocycles. The molecule has 1 atom stereocenters. The van der Waals surface area contributed by atoms with Gasteiger partial charge in [0.25, 0.3) is 5.91 Å². The van der Waals surface area contributed by atoms with Gasteiger partial charge in [-0.3, -0.25) is 10.0 Å². The van der Waals surface area contributed by atoms with E-state index in [-0.39, 0.29) is 12.5 Å². The molecule has 0 aliphatic carbocycles. The molecular formula is C19H21Cl2N3O3. The summed E-state index contributed by atoms with van der Waals surface area (Å²) in [7, 11) is 0. The maximum atomic E-state index is 13.0. The molecule has 0 saturated carbocycles. The van der Waals surface area contributed by atoms with E-state index < -0.39 is 18.0 Å². The summed E-state index contributed by atoms with van der Waals surface area (Å²) in [6.07, 6.45) is 0. The molecule has 0 aliphatic heterocycles. The van der Waals surface area contributed by atoms with Crippen molar-refractivity contribution in [1.82, 2.24) is 10.4 Å². The number of hydroxylamine groups is 1. The van der Waals surface area contributed by atoms with Crippen molar-refractivity contribution >= 4 is 40.8 Å². The quantitative estimate of drug-likeness (QED) is 0.483. The van der Waals surface area contributed by atoms with Crippen molar-refractivity contribution in [2.75, 3.05) is 5.32 Å². The fourth-order valence-corrected chi connectivity index (χ4v) is 3.01. The van der Waals surface area contributed by atoms with E-state index in [2.05, 4.69) is 5.32 Å². The highest BCUT2D eigenvalue weighted by atomic mass is 35.5. The third-order valence-corrected chi connectivity index (χ3v) is 4.71. The van der Waals surface area contributed by atoms with E-state index in [1.54, 1.807) is 31.5 Å². The molecule has 144 valence electrons. The second-order valence-corrected chi connectivity index (χ2v) is 7.15. The first-order valence-electron chi connectivity index (χ1n) is 8.34. The molecule has 8 heteroatoms. The molecule has 3 N–H and O–H groups in total. The third-order valence-electron chi connectivity index (χ3n) is 3.97. The van der Waals surface area contributed by atoms with E-state index >= 15 is 0 Å². The highest BCUT2D eigenvalue weighted by Crippen LogP contribution is 2.26. The minimum atomic E-state index is -0.877. The van der Waals surface area contributed by atoms with Crippen LogP contribution < -0.4 is 10.8 Å². The van der Waals surface area contributed by atoms with E-state index in [1.807, 2.05) is 30.3 Å². The van der Waals surface area contributed by atoms with Crippen molar-refractivity contribution in [1.29, 1.82) is 0 Å². The number of anilines is 1. The maximum Gasteiger partial charge on any atom is 0.322 e. The Kier molecular flexibility index (Phi) is 7.47. The van der Waals surface area contributed by atoms with Crippen molar-refractivity contribution in [3.8, 4) is 0 Å². The van der Waals surface area contributed by atoms with Crippen molar-refractivity contribution in [3.05, 3.63) is 64.1 Å². The predicted octanol–water partition coefficient (Wildman–Crippen LogP) is 4.56. The fourth-order valence-electron chi connectivity index (χ4n) is 2.72. The number of amides is 3. The van der Waals surface area contributed by atoms with Crippen LogP contribution in [-0.2, 0) is 11.3 Å². The number of hydrogen-bond donors (Lipinski definition) is 3. The topological polar surface area (TPSA) is 81.7 Å². The van der Waals surface area contributed by atoms with Crippen molar-refractivity contribution in [3.63, 3.8) is 0 Å². The number of benzene rings is 2. The molecule has 27 heavy (non-hydrogen) atoms. The van der Waals surface area contributed by atoms with Gasteiger partial charge in [0.1, 0.15) is 6.04 Å². The first-order valence-corrected chi connectivity index (χ1v) is 9.09. The fraction of sp³-hybridized carbons (Fsp3) is 0.263. The predicted molar refractivity (Wildman–Crippen MR) is 106 cm³/mol. The zero-order valence-corrected chi connectivity index (χ0v) is 16.5. The number of halogens is 2. The molecule has 0 fully saturated rings. The lowest BCUT2D eigenvalue weighted by Crippen LogP contribution is -2.52. The smallest absolute Gasteiger partial charge is 0.308 e. The molecule has 0 heterocycles. The molecule has 0 aromatic heterocycles. The number of nitrogens with one attached hydrogen (secondary N) is 2. The number of carbonyl (C=O) groups excluding carboxylic acids is 2. The summed E-state index contributed by atoms with van der Waals surface area (Å²) in [5.74, 6) is -0.898. The Hall–Kier alpha value is -2.28. The molecule has 0 aliphatic rings. The van der Waals surface area contributed by atoms with Crippen LogP contribution in [0.3, 0.4) is 0 Å². The van der Waals surface area contributed by atoms with Crippen molar-refractivity contribution in [2.24, 2.45) is 5.92 Å². The summed E-state index contributed by atoms with van der Waals surface area (Å²) in [5.41, 5.74) is 2.94. The van der Waals surface area contributed by atoms with E-state index in [1.165, 1.54) is 11.0 Å². The standard InChI is InChI=1S/C19H21Cl2N3O3/c1-12(2)17(18(25)23-27)24(11-13-6-4-3-5-7-13)19(26)22-14-8-9-15(20)16(21)10-14/h3-10,12,17,27H,11H2,1-2H3,(H,22,26)(H,23,25)/t17-/m0/s1. The molecule has 0 spiro atoms. The van der Waals surface area contributed by atoms with Gasteiger partial charge in [0.2, 0.25) is 0 Å². The van der Waals surface area contributed by atoms with Gasteiger partial charge in [0.05, 0.1) is 10.0 Å².